The van der Waals surface area contributed by atoms with Crippen molar-refractivity contribution in [3.63, 3.8) is 0 Å². The first-order chi connectivity index (χ1) is 17.6. The molecule has 7 nitrogen and oxygen atoms in total. The Bertz CT molecular complexity index is 1580. The number of aromatic nitrogens is 1. The predicted molar refractivity (Wildman–Crippen MR) is 147 cm³/mol. The molecule has 2 heterocycles. The molecule has 0 spiro atoms. The van der Waals surface area contributed by atoms with Gasteiger partial charge in [-0.25, -0.2) is 9.59 Å². The fourth-order valence-electron chi connectivity index (χ4n) is 3.86. The monoisotopic (exact) mass is 598 g/mol. The van der Waals surface area contributed by atoms with Crippen molar-refractivity contribution in [1.29, 1.82) is 0 Å². The van der Waals surface area contributed by atoms with Crippen LogP contribution >= 0.6 is 58.2 Å². The number of halogens is 4. The van der Waals surface area contributed by atoms with Gasteiger partial charge in [-0.3, -0.25) is 9.36 Å². The number of hydrogen-bond acceptors (Lipinski definition) is 7. The molecule has 0 saturated carbocycles. The van der Waals surface area contributed by atoms with Crippen LogP contribution in [0.5, 0.6) is 0 Å². The molecule has 12 heteroatoms. The van der Waals surface area contributed by atoms with Crippen molar-refractivity contribution >= 4 is 92.7 Å². The molecule has 0 radical (unpaired) electrons. The molecule has 1 aromatic heterocycles. The van der Waals surface area contributed by atoms with Crippen molar-refractivity contribution < 1.29 is 23.9 Å². The Kier molecular flexibility index (Phi) is 8.16. The minimum atomic E-state index is -1.01. The van der Waals surface area contributed by atoms with Gasteiger partial charge in [-0.15, -0.1) is 0 Å². The van der Waals surface area contributed by atoms with Crippen molar-refractivity contribution in [2.75, 3.05) is 19.5 Å². The number of esters is 2. The van der Waals surface area contributed by atoms with Gasteiger partial charge in [-0.1, -0.05) is 70.3 Å². The molecular weight excluding hydrogens is 582 g/mol. The first-order valence-electron chi connectivity index (χ1n) is 10.7. The van der Waals surface area contributed by atoms with Crippen LogP contribution in [0.2, 0.25) is 20.1 Å². The molecule has 0 amide bonds. The van der Waals surface area contributed by atoms with Crippen LogP contribution in [0, 0.1) is 0 Å². The predicted octanol–water partition coefficient (Wildman–Crippen LogP) is 5.10. The maximum atomic E-state index is 13.9. The number of nitrogens with zero attached hydrogens (tertiary/aromatic N) is 1. The number of nitrogen functional groups attached to an aromatic ring is 1. The number of fused-ring (bicyclic) bond motifs is 1. The van der Waals surface area contributed by atoms with Crippen LogP contribution in [0.1, 0.15) is 38.6 Å². The van der Waals surface area contributed by atoms with E-state index in [1.165, 1.54) is 12.1 Å². The van der Waals surface area contributed by atoms with Gasteiger partial charge < -0.3 is 15.2 Å². The third-order valence-electron chi connectivity index (χ3n) is 5.49. The number of carbonyl (C=O) groups excluding carboxylic acids is 3. The van der Waals surface area contributed by atoms with Crippen molar-refractivity contribution in [2.24, 2.45) is 0 Å². The van der Waals surface area contributed by atoms with E-state index in [0.717, 1.165) is 23.4 Å². The van der Waals surface area contributed by atoms with E-state index in [-0.39, 0.29) is 38.5 Å². The standard InChI is InChI=1S/C25H18Cl4N2O5S/c1-3-36-25(34)22-19-15(8-11-4-5-12(26)9-16(11)28)18(30)20(24(33)35-2)31(19)23(32)21(37-22)14-7-6-13(27)10-17(14)29/h4-10,21H,3,30H2,1-2H3/b15-8+/t21-/m1/s1. The van der Waals surface area contributed by atoms with E-state index in [0.29, 0.717) is 26.2 Å². The van der Waals surface area contributed by atoms with Gasteiger partial charge in [0.2, 0.25) is 5.91 Å². The summed E-state index contributed by atoms with van der Waals surface area (Å²) in [4.78, 5) is 40.0. The number of thioether (sulfide) groups is 1. The van der Waals surface area contributed by atoms with Crippen LogP contribution in [0.4, 0.5) is 5.69 Å². The maximum Gasteiger partial charge on any atom is 0.357 e. The molecular formula is C25H18Cl4N2O5S. The van der Waals surface area contributed by atoms with Gasteiger partial charge in [0.15, 0.2) is 5.69 Å². The zero-order valence-electron chi connectivity index (χ0n) is 19.3. The average molecular weight is 600 g/mol. The summed E-state index contributed by atoms with van der Waals surface area (Å²) in [6.45, 7) is 1.73. The minimum Gasteiger partial charge on any atom is -0.464 e. The Labute approximate surface area is 235 Å². The molecule has 4 rings (SSSR count). The van der Waals surface area contributed by atoms with Crippen molar-refractivity contribution in [3.05, 3.63) is 83.9 Å². The third kappa shape index (κ3) is 5.09. The van der Waals surface area contributed by atoms with Crippen LogP contribution in [-0.4, -0.2) is 36.1 Å². The summed E-state index contributed by atoms with van der Waals surface area (Å²) in [6.07, 6.45) is 1.56. The molecule has 0 saturated heterocycles. The molecule has 37 heavy (non-hydrogen) atoms. The highest BCUT2D eigenvalue weighted by atomic mass is 35.5. The number of nitrogens with two attached hydrogens (primary N) is 1. The Morgan fingerprint density at radius 3 is 2.30 bits per heavy atom. The fourth-order valence-corrected chi connectivity index (χ4v) is 6.15. The number of carbonyl (C=O) groups is 3. The Morgan fingerprint density at radius 1 is 1.05 bits per heavy atom. The molecule has 0 bridgehead atoms. The zero-order valence-corrected chi connectivity index (χ0v) is 23.2. The molecule has 1 aliphatic rings. The Morgan fingerprint density at radius 2 is 1.70 bits per heavy atom. The largest absolute Gasteiger partial charge is 0.464 e. The van der Waals surface area contributed by atoms with E-state index in [4.69, 9.17) is 61.6 Å². The average Bonchev–Trinajstić information content (AvgIpc) is 3.13. The summed E-state index contributed by atoms with van der Waals surface area (Å²) in [6, 6.07) is 9.43. The lowest BCUT2D eigenvalue weighted by Gasteiger charge is -2.24. The summed E-state index contributed by atoms with van der Waals surface area (Å²) >= 11 is 25.8. The molecule has 2 aromatic carbocycles. The summed E-state index contributed by atoms with van der Waals surface area (Å²) < 4.78 is 11.3. The molecule has 3 aromatic rings. The molecule has 2 N–H and O–H groups in total. The number of methoxy groups -OCH3 is 1. The molecule has 0 fully saturated rings. The first-order valence-corrected chi connectivity index (χ1v) is 13.1. The Balaban J connectivity index is 2.13. The van der Waals surface area contributed by atoms with E-state index in [9.17, 15) is 14.4 Å². The second-order valence-electron chi connectivity index (χ2n) is 7.71. The highest BCUT2D eigenvalue weighted by Gasteiger charge is 2.39. The normalized spacial score (nSPS) is 15.5. The number of hydrogen-bond donors (Lipinski definition) is 1. The van der Waals surface area contributed by atoms with Gasteiger partial charge in [-0.05, 0) is 48.4 Å². The Hall–Kier alpha value is -2.62. The second-order valence-corrected chi connectivity index (χ2v) is 10.5. The first kappa shape index (κ1) is 27.4. The van der Waals surface area contributed by atoms with Gasteiger partial charge in [0.05, 0.1) is 24.8 Å². The van der Waals surface area contributed by atoms with E-state index < -0.39 is 23.1 Å². The van der Waals surface area contributed by atoms with Crippen LogP contribution in [-0.2, 0) is 14.3 Å². The lowest BCUT2D eigenvalue weighted by molar-refractivity contribution is -0.135. The summed E-state index contributed by atoms with van der Waals surface area (Å²) in [7, 11) is 1.16. The number of rotatable bonds is 5. The van der Waals surface area contributed by atoms with E-state index in [1.54, 1.807) is 37.3 Å². The van der Waals surface area contributed by atoms with Gasteiger partial charge in [0.25, 0.3) is 0 Å². The van der Waals surface area contributed by atoms with Crippen LogP contribution < -0.4 is 16.3 Å². The van der Waals surface area contributed by atoms with E-state index in [2.05, 4.69) is 0 Å². The zero-order chi connectivity index (χ0) is 27.0. The molecule has 192 valence electrons. The van der Waals surface area contributed by atoms with E-state index in [1.807, 2.05) is 0 Å². The SMILES string of the molecule is CCOC(=O)C1=c2/c(=C/c3ccc(Cl)cc3Cl)c(N)c(C(=O)OC)n2C(=O)[C@@H](c2ccc(Cl)cc2Cl)S1. The number of anilines is 1. The molecule has 1 atom stereocenters. The van der Waals surface area contributed by atoms with Crippen LogP contribution in [0.3, 0.4) is 0 Å². The topological polar surface area (TPSA) is 101 Å². The van der Waals surface area contributed by atoms with Crippen LogP contribution in [0.15, 0.2) is 36.4 Å². The molecule has 0 aliphatic carbocycles. The van der Waals surface area contributed by atoms with Crippen molar-refractivity contribution in [1.82, 2.24) is 4.57 Å². The second kappa shape index (κ2) is 11.0. The van der Waals surface area contributed by atoms with Gasteiger partial charge >= 0.3 is 11.9 Å². The molecule has 1 aliphatic heterocycles. The van der Waals surface area contributed by atoms with Gasteiger partial charge in [-0.2, -0.15) is 0 Å². The highest BCUT2D eigenvalue weighted by molar-refractivity contribution is 8.10. The number of ether oxygens (including phenoxy) is 2. The highest BCUT2D eigenvalue weighted by Crippen LogP contribution is 2.42. The minimum absolute atomic E-state index is 0.0515. The van der Waals surface area contributed by atoms with Crippen LogP contribution in [0.25, 0.3) is 11.0 Å². The lowest BCUT2D eigenvalue weighted by atomic mass is 10.1. The van der Waals surface area contributed by atoms with Crippen molar-refractivity contribution in [3.8, 4) is 0 Å². The summed E-state index contributed by atoms with van der Waals surface area (Å²) in [5.74, 6) is -2.14. The smallest absolute Gasteiger partial charge is 0.357 e. The lowest BCUT2D eigenvalue weighted by Crippen LogP contribution is -2.42. The molecule has 0 unspecified atom stereocenters. The third-order valence-corrected chi connectivity index (χ3v) is 7.90. The quantitative estimate of drug-likeness (QED) is 0.407. The summed E-state index contributed by atoms with van der Waals surface area (Å²) in [5, 5.41) is 0.576. The van der Waals surface area contributed by atoms with Crippen molar-refractivity contribution in [2.45, 2.75) is 12.2 Å². The van der Waals surface area contributed by atoms with Gasteiger partial charge in [0, 0.05) is 25.3 Å². The summed E-state index contributed by atoms with van der Waals surface area (Å²) in [5.41, 5.74) is 6.99. The maximum absolute atomic E-state index is 13.9. The number of benzene rings is 2. The van der Waals surface area contributed by atoms with E-state index >= 15 is 0 Å². The fraction of sp³-hybridized carbons (Fsp3) is 0.160. The van der Waals surface area contributed by atoms with Gasteiger partial charge in [0.1, 0.15) is 10.2 Å².